The third-order valence-corrected chi connectivity index (χ3v) is 3.75. The zero-order chi connectivity index (χ0) is 18.5. The smallest absolute Gasteiger partial charge is 0.363 e. The van der Waals surface area contributed by atoms with E-state index in [9.17, 15) is 4.79 Å². The number of hydrogen-bond acceptors (Lipinski definition) is 6. The summed E-state index contributed by atoms with van der Waals surface area (Å²) >= 11 is 0. The van der Waals surface area contributed by atoms with Gasteiger partial charge in [0.1, 0.15) is 5.75 Å². The van der Waals surface area contributed by atoms with Crippen molar-refractivity contribution in [2.45, 2.75) is 6.92 Å². The summed E-state index contributed by atoms with van der Waals surface area (Å²) in [4.78, 5) is 16.6. The third-order valence-electron chi connectivity index (χ3n) is 3.75. The summed E-state index contributed by atoms with van der Waals surface area (Å²) in [7, 11) is 3.14. The minimum atomic E-state index is -0.520. The van der Waals surface area contributed by atoms with Crippen molar-refractivity contribution in [3.8, 4) is 17.2 Å². The molecule has 0 saturated heterocycles. The second-order valence-corrected chi connectivity index (χ2v) is 5.38. The number of aliphatic imine (C=N–C) groups is 1. The molecule has 6 heteroatoms. The largest absolute Gasteiger partial charge is 0.497 e. The first-order valence-electron chi connectivity index (χ1n) is 8.13. The maximum atomic E-state index is 12.2. The predicted octanol–water partition coefficient (Wildman–Crippen LogP) is 3.45. The summed E-state index contributed by atoms with van der Waals surface area (Å²) in [6.07, 6.45) is 1.63. The Balaban J connectivity index is 1.99. The molecule has 2 aromatic rings. The van der Waals surface area contributed by atoms with Crippen LogP contribution in [0, 0.1) is 0 Å². The van der Waals surface area contributed by atoms with Crippen LogP contribution in [0.2, 0.25) is 0 Å². The van der Waals surface area contributed by atoms with E-state index >= 15 is 0 Å². The van der Waals surface area contributed by atoms with E-state index in [0.29, 0.717) is 35.0 Å². The molecule has 1 heterocycles. The number of cyclic esters (lactones) is 1. The number of nitrogens with zero attached hydrogens (tertiary/aromatic N) is 1. The molecule has 0 atom stereocenters. The van der Waals surface area contributed by atoms with E-state index in [2.05, 4.69) is 4.99 Å². The summed E-state index contributed by atoms with van der Waals surface area (Å²) in [5, 5.41) is 0. The highest BCUT2D eigenvalue weighted by atomic mass is 16.6. The summed E-state index contributed by atoms with van der Waals surface area (Å²) in [5.41, 5.74) is 1.54. The molecule has 0 amide bonds. The first-order valence-corrected chi connectivity index (χ1v) is 8.13. The number of methoxy groups -OCH3 is 2. The molecular formula is C20H19NO5. The van der Waals surface area contributed by atoms with Crippen molar-refractivity contribution in [1.82, 2.24) is 0 Å². The van der Waals surface area contributed by atoms with E-state index in [-0.39, 0.29) is 11.6 Å². The van der Waals surface area contributed by atoms with Crippen molar-refractivity contribution in [1.29, 1.82) is 0 Å². The van der Waals surface area contributed by atoms with Crippen molar-refractivity contribution in [2.24, 2.45) is 4.99 Å². The third kappa shape index (κ3) is 3.54. The van der Waals surface area contributed by atoms with E-state index in [0.717, 1.165) is 0 Å². The van der Waals surface area contributed by atoms with Crippen LogP contribution in [0.15, 0.2) is 53.2 Å². The van der Waals surface area contributed by atoms with E-state index in [4.69, 9.17) is 18.9 Å². The fourth-order valence-corrected chi connectivity index (χ4v) is 2.54. The van der Waals surface area contributed by atoms with Gasteiger partial charge in [-0.15, -0.1) is 0 Å². The predicted molar refractivity (Wildman–Crippen MR) is 97.8 cm³/mol. The summed E-state index contributed by atoms with van der Waals surface area (Å²) in [6, 6.07) is 12.6. The molecule has 26 heavy (non-hydrogen) atoms. The Morgan fingerprint density at radius 3 is 2.65 bits per heavy atom. The number of benzene rings is 2. The van der Waals surface area contributed by atoms with Gasteiger partial charge in [0.2, 0.25) is 5.90 Å². The molecule has 0 unspecified atom stereocenters. The fraction of sp³-hybridized carbons (Fsp3) is 0.200. The normalized spacial score (nSPS) is 14.8. The van der Waals surface area contributed by atoms with Crippen LogP contribution in [-0.2, 0) is 9.53 Å². The van der Waals surface area contributed by atoms with Crippen LogP contribution in [-0.4, -0.2) is 32.7 Å². The van der Waals surface area contributed by atoms with Crippen LogP contribution in [0.3, 0.4) is 0 Å². The Hall–Kier alpha value is -3.28. The number of ether oxygens (including phenoxy) is 4. The molecule has 0 spiro atoms. The van der Waals surface area contributed by atoms with Gasteiger partial charge in [0, 0.05) is 11.1 Å². The Morgan fingerprint density at radius 1 is 1.12 bits per heavy atom. The first-order chi connectivity index (χ1) is 12.7. The Bertz CT molecular complexity index is 886. The summed E-state index contributed by atoms with van der Waals surface area (Å²) < 4.78 is 21.5. The van der Waals surface area contributed by atoms with Gasteiger partial charge in [0.25, 0.3) is 0 Å². The Morgan fingerprint density at radius 2 is 1.92 bits per heavy atom. The fourth-order valence-electron chi connectivity index (χ4n) is 2.54. The van der Waals surface area contributed by atoms with Gasteiger partial charge < -0.3 is 18.9 Å². The number of rotatable bonds is 6. The maximum absolute atomic E-state index is 12.2. The lowest BCUT2D eigenvalue weighted by molar-refractivity contribution is -0.129. The topological polar surface area (TPSA) is 66.3 Å². The average Bonchev–Trinajstić information content (AvgIpc) is 3.04. The monoisotopic (exact) mass is 353 g/mol. The second kappa shape index (κ2) is 7.74. The minimum Gasteiger partial charge on any atom is -0.497 e. The molecule has 2 aromatic carbocycles. The zero-order valence-electron chi connectivity index (χ0n) is 14.8. The highest BCUT2D eigenvalue weighted by molar-refractivity contribution is 6.13. The lowest BCUT2D eigenvalue weighted by Crippen LogP contribution is -2.05. The van der Waals surface area contributed by atoms with Crippen LogP contribution in [0.25, 0.3) is 6.08 Å². The van der Waals surface area contributed by atoms with Crippen LogP contribution in [0.4, 0.5) is 0 Å². The standard InChI is InChI=1S/C20H19NO5/c1-4-25-18-13(7-6-10-17(18)24-3)12-16-20(22)26-19(21-16)14-8-5-9-15(11-14)23-2/h5-12H,4H2,1-3H3/b16-12+. The highest BCUT2D eigenvalue weighted by Gasteiger charge is 2.25. The number of hydrogen-bond donors (Lipinski definition) is 0. The van der Waals surface area contributed by atoms with Gasteiger partial charge in [0.05, 0.1) is 20.8 Å². The lowest BCUT2D eigenvalue weighted by Gasteiger charge is -2.11. The molecule has 0 bridgehead atoms. The van der Waals surface area contributed by atoms with Gasteiger partial charge in [-0.3, -0.25) is 0 Å². The molecule has 0 aliphatic carbocycles. The van der Waals surface area contributed by atoms with Crippen LogP contribution < -0.4 is 14.2 Å². The number of carbonyl (C=O) groups is 1. The minimum absolute atomic E-state index is 0.192. The van der Waals surface area contributed by atoms with Crippen molar-refractivity contribution < 1.29 is 23.7 Å². The van der Waals surface area contributed by atoms with Crippen molar-refractivity contribution in [2.75, 3.05) is 20.8 Å². The number of para-hydroxylation sites is 1. The molecule has 134 valence electrons. The average molecular weight is 353 g/mol. The van der Waals surface area contributed by atoms with E-state index in [1.807, 2.05) is 31.2 Å². The van der Waals surface area contributed by atoms with E-state index in [1.165, 1.54) is 0 Å². The van der Waals surface area contributed by atoms with E-state index in [1.54, 1.807) is 38.5 Å². The van der Waals surface area contributed by atoms with Gasteiger partial charge in [-0.25, -0.2) is 9.79 Å². The van der Waals surface area contributed by atoms with Crippen molar-refractivity contribution in [3.63, 3.8) is 0 Å². The number of carbonyl (C=O) groups excluding carboxylic acids is 1. The lowest BCUT2D eigenvalue weighted by atomic mass is 10.1. The maximum Gasteiger partial charge on any atom is 0.363 e. The van der Waals surface area contributed by atoms with Gasteiger partial charge in [-0.2, -0.15) is 0 Å². The molecule has 1 aliphatic rings. The van der Waals surface area contributed by atoms with Crippen molar-refractivity contribution >= 4 is 17.9 Å². The molecule has 1 aliphatic heterocycles. The highest BCUT2D eigenvalue weighted by Crippen LogP contribution is 2.33. The molecule has 0 aromatic heterocycles. The Kier molecular flexibility index (Phi) is 5.22. The molecule has 0 fully saturated rings. The molecule has 0 radical (unpaired) electrons. The van der Waals surface area contributed by atoms with Crippen LogP contribution >= 0.6 is 0 Å². The van der Waals surface area contributed by atoms with Crippen LogP contribution in [0.1, 0.15) is 18.1 Å². The number of esters is 1. The summed E-state index contributed by atoms with van der Waals surface area (Å²) in [6.45, 7) is 2.35. The van der Waals surface area contributed by atoms with Crippen molar-refractivity contribution in [3.05, 3.63) is 59.3 Å². The van der Waals surface area contributed by atoms with E-state index < -0.39 is 5.97 Å². The molecule has 0 N–H and O–H groups in total. The SMILES string of the molecule is CCOc1c(/C=C2/N=C(c3cccc(OC)c3)OC2=O)cccc1OC. The van der Waals surface area contributed by atoms with Gasteiger partial charge in [-0.1, -0.05) is 18.2 Å². The molecule has 6 nitrogen and oxygen atoms in total. The molecule has 3 rings (SSSR count). The van der Waals surface area contributed by atoms with Gasteiger partial charge in [-0.05, 0) is 37.3 Å². The van der Waals surface area contributed by atoms with Crippen LogP contribution in [0.5, 0.6) is 17.2 Å². The zero-order valence-corrected chi connectivity index (χ0v) is 14.8. The summed E-state index contributed by atoms with van der Waals surface area (Å²) in [5.74, 6) is 1.52. The first kappa shape index (κ1) is 17.5. The quantitative estimate of drug-likeness (QED) is 0.588. The van der Waals surface area contributed by atoms with Gasteiger partial charge in [0.15, 0.2) is 17.2 Å². The Labute approximate surface area is 151 Å². The van der Waals surface area contributed by atoms with Gasteiger partial charge >= 0.3 is 5.97 Å². The molecule has 0 saturated carbocycles. The second-order valence-electron chi connectivity index (χ2n) is 5.38. The molecular weight excluding hydrogens is 334 g/mol.